The van der Waals surface area contributed by atoms with Crippen molar-refractivity contribution < 1.29 is 9.90 Å². The lowest BCUT2D eigenvalue weighted by Crippen LogP contribution is -2.51. The second-order valence-electron chi connectivity index (χ2n) is 7.96. The highest BCUT2D eigenvalue weighted by Crippen LogP contribution is 2.29. The predicted octanol–water partition coefficient (Wildman–Crippen LogP) is 2.34. The Bertz CT molecular complexity index is 325. The summed E-state index contributed by atoms with van der Waals surface area (Å²) in [4.78, 5) is 12.5. The fraction of sp³-hybridized carbons (Fsp3) is 0.941. The highest BCUT2D eigenvalue weighted by atomic mass is 16.3. The number of hydrogen-bond donors (Lipinski definition) is 3. The van der Waals surface area contributed by atoms with Crippen LogP contribution in [-0.2, 0) is 4.79 Å². The van der Waals surface area contributed by atoms with Crippen molar-refractivity contribution in [3.05, 3.63) is 0 Å². The van der Waals surface area contributed by atoms with Crippen molar-refractivity contribution in [1.29, 1.82) is 0 Å². The molecule has 21 heavy (non-hydrogen) atoms. The van der Waals surface area contributed by atoms with Crippen LogP contribution >= 0.6 is 0 Å². The molecule has 0 saturated carbocycles. The van der Waals surface area contributed by atoms with Crippen LogP contribution in [0.5, 0.6) is 0 Å². The Morgan fingerprint density at radius 3 is 2.10 bits per heavy atom. The third kappa shape index (κ3) is 6.90. The first-order valence-corrected chi connectivity index (χ1v) is 8.08. The SMILES string of the molecule is CC(CO)CC(C)(C)NC(CN)CC(=O)C(C)(C)C(C)C. The predicted molar refractivity (Wildman–Crippen MR) is 89.2 cm³/mol. The minimum atomic E-state index is -0.322. The maximum absolute atomic E-state index is 12.5. The molecule has 0 spiro atoms. The van der Waals surface area contributed by atoms with Crippen LogP contribution in [0.4, 0.5) is 0 Å². The van der Waals surface area contributed by atoms with E-state index in [1.807, 2.05) is 20.8 Å². The van der Waals surface area contributed by atoms with Gasteiger partial charge in [-0.1, -0.05) is 34.6 Å². The smallest absolute Gasteiger partial charge is 0.140 e. The highest BCUT2D eigenvalue weighted by Gasteiger charge is 2.33. The Morgan fingerprint density at radius 1 is 1.19 bits per heavy atom. The van der Waals surface area contributed by atoms with E-state index in [-0.39, 0.29) is 35.3 Å². The Labute approximate surface area is 130 Å². The number of ketones is 1. The number of rotatable bonds is 10. The summed E-state index contributed by atoms with van der Waals surface area (Å²) in [6.07, 6.45) is 1.31. The fourth-order valence-corrected chi connectivity index (χ4v) is 2.55. The number of carbonyl (C=O) groups is 1. The summed E-state index contributed by atoms with van der Waals surface area (Å²) in [7, 11) is 0. The van der Waals surface area contributed by atoms with Crippen molar-refractivity contribution in [3.8, 4) is 0 Å². The van der Waals surface area contributed by atoms with Crippen LogP contribution in [0.15, 0.2) is 0 Å². The average molecular weight is 300 g/mol. The van der Waals surface area contributed by atoms with Crippen LogP contribution in [0.1, 0.15) is 61.3 Å². The van der Waals surface area contributed by atoms with Gasteiger partial charge in [-0.2, -0.15) is 0 Å². The largest absolute Gasteiger partial charge is 0.396 e. The van der Waals surface area contributed by atoms with E-state index >= 15 is 0 Å². The normalized spacial score (nSPS) is 16.1. The molecular weight excluding hydrogens is 264 g/mol. The van der Waals surface area contributed by atoms with Gasteiger partial charge in [0, 0.05) is 36.6 Å². The maximum Gasteiger partial charge on any atom is 0.140 e. The van der Waals surface area contributed by atoms with Gasteiger partial charge in [-0.05, 0) is 32.1 Å². The molecule has 0 heterocycles. The Balaban J connectivity index is 4.70. The van der Waals surface area contributed by atoms with Gasteiger partial charge in [0.2, 0.25) is 0 Å². The summed E-state index contributed by atoms with van der Waals surface area (Å²) in [5.41, 5.74) is 5.38. The number of carbonyl (C=O) groups excluding carboxylic acids is 1. The summed E-state index contributed by atoms with van der Waals surface area (Å²) in [6, 6.07) is -0.0172. The van der Waals surface area contributed by atoms with Crippen molar-refractivity contribution >= 4 is 5.78 Å². The Morgan fingerprint density at radius 2 is 1.71 bits per heavy atom. The molecule has 0 aromatic heterocycles. The molecule has 0 aromatic carbocycles. The number of hydrogen-bond acceptors (Lipinski definition) is 4. The van der Waals surface area contributed by atoms with E-state index in [9.17, 15) is 9.90 Å². The molecule has 2 atom stereocenters. The van der Waals surface area contributed by atoms with Crippen LogP contribution < -0.4 is 11.1 Å². The molecule has 4 heteroatoms. The van der Waals surface area contributed by atoms with E-state index in [1.165, 1.54) is 0 Å². The zero-order chi connectivity index (χ0) is 16.8. The third-order valence-corrected chi connectivity index (χ3v) is 4.64. The van der Waals surface area contributed by atoms with E-state index < -0.39 is 0 Å². The van der Waals surface area contributed by atoms with Crippen molar-refractivity contribution in [2.75, 3.05) is 13.2 Å². The zero-order valence-electron chi connectivity index (χ0n) is 15.0. The summed E-state index contributed by atoms with van der Waals surface area (Å²) >= 11 is 0. The van der Waals surface area contributed by atoms with Crippen LogP contribution in [-0.4, -0.2) is 35.6 Å². The summed E-state index contributed by atoms with van der Waals surface area (Å²) in [5, 5.41) is 12.7. The molecule has 0 fully saturated rings. The molecule has 0 radical (unpaired) electrons. The first-order chi connectivity index (χ1) is 9.46. The molecule has 2 unspecified atom stereocenters. The summed E-state index contributed by atoms with van der Waals surface area (Å²) in [6.45, 7) is 15.0. The van der Waals surface area contributed by atoms with Crippen molar-refractivity contribution in [3.63, 3.8) is 0 Å². The number of aliphatic hydroxyl groups excluding tert-OH is 1. The van der Waals surface area contributed by atoms with E-state index in [0.29, 0.717) is 18.9 Å². The third-order valence-electron chi connectivity index (χ3n) is 4.64. The van der Waals surface area contributed by atoms with Crippen LogP contribution in [0.25, 0.3) is 0 Å². The molecule has 0 amide bonds. The van der Waals surface area contributed by atoms with Gasteiger partial charge >= 0.3 is 0 Å². The summed E-state index contributed by atoms with van der Waals surface area (Å²) in [5.74, 6) is 0.797. The number of nitrogens with two attached hydrogens (primary N) is 1. The molecule has 0 aliphatic rings. The maximum atomic E-state index is 12.5. The van der Waals surface area contributed by atoms with E-state index in [0.717, 1.165) is 6.42 Å². The molecule has 0 bridgehead atoms. The standard InChI is InChI=1S/C17H36N2O2/c1-12(2)17(6,7)15(21)8-14(10-18)19-16(4,5)9-13(3)11-20/h12-14,19-20H,8-11,18H2,1-7H3. The molecule has 0 rings (SSSR count). The number of nitrogens with one attached hydrogen (secondary N) is 1. The van der Waals surface area contributed by atoms with E-state index in [4.69, 9.17) is 5.73 Å². The number of aliphatic hydroxyl groups is 1. The van der Waals surface area contributed by atoms with Gasteiger partial charge in [-0.3, -0.25) is 4.79 Å². The fourth-order valence-electron chi connectivity index (χ4n) is 2.55. The molecule has 4 N–H and O–H groups in total. The van der Waals surface area contributed by atoms with Crippen LogP contribution in [0, 0.1) is 17.3 Å². The van der Waals surface area contributed by atoms with Crippen molar-refractivity contribution in [2.24, 2.45) is 23.0 Å². The molecule has 0 aromatic rings. The van der Waals surface area contributed by atoms with Crippen molar-refractivity contribution in [2.45, 2.75) is 72.9 Å². The molecule has 0 aliphatic heterocycles. The second kappa shape index (κ2) is 8.25. The van der Waals surface area contributed by atoms with E-state index in [2.05, 4.69) is 33.0 Å². The van der Waals surface area contributed by atoms with Crippen molar-refractivity contribution in [1.82, 2.24) is 5.32 Å². The number of Topliss-reactive ketones (excluding diaryl/α,β-unsaturated/α-hetero) is 1. The lowest BCUT2D eigenvalue weighted by molar-refractivity contribution is -0.129. The van der Waals surface area contributed by atoms with Crippen LogP contribution in [0.2, 0.25) is 0 Å². The van der Waals surface area contributed by atoms with Gasteiger partial charge < -0.3 is 16.2 Å². The minimum Gasteiger partial charge on any atom is -0.396 e. The van der Waals surface area contributed by atoms with Gasteiger partial charge in [-0.25, -0.2) is 0 Å². The minimum absolute atomic E-state index is 0.0172. The van der Waals surface area contributed by atoms with Gasteiger partial charge in [0.05, 0.1) is 0 Å². The Kier molecular flexibility index (Phi) is 8.08. The monoisotopic (exact) mass is 300 g/mol. The quantitative estimate of drug-likeness (QED) is 0.579. The van der Waals surface area contributed by atoms with Gasteiger partial charge in [0.25, 0.3) is 0 Å². The second-order valence-corrected chi connectivity index (χ2v) is 7.96. The first-order valence-electron chi connectivity index (χ1n) is 8.08. The highest BCUT2D eigenvalue weighted by molar-refractivity contribution is 5.84. The molecular formula is C17H36N2O2. The topological polar surface area (TPSA) is 75.3 Å². The molecule has 4 nitrogen and oxygen atoms in total. The lowest BCUT2D eigenvalue weighted by Gasteiger charge is -2.35. The Hall–Kier alpha value is -0.450. The molecule has 126 valence electrons. The van der Waals surface area contributed by atoms with Gasteiger partial charge in [0.1, 0.15) is 5.78 Å². The lowest BCUT2D eigenvalue weighted by atomic mass is 9.75. The van der Waals surface area contributed by atoms with Crippen LogP contribution in [0.3, 0.4) is 0 Å². The zero-order valence-corrected chi connectivity index (χ0v) is 15.0. The molecule has 0 saturated heterocycles. The van der Waals surface area contributed by atoms with E-state index in [1.54, 1.807) is 0 Å². The molecule has 0 aliphatic carbocycles. The first kappa shape index (κ1) is 20.6. The van der Waals surface area contributed by atoms with Gasteiger partial charge in [0.15, 0.2) is 0 Å². The average Bonchev–Trinajstić information content (AvgIpc) is 2.36. The van der Waals surface area contributed by atoms with Gasteiger partial charge in [-0.15, -0.1) is 0 Å². The summed E-state index contributed by atoms with van der Waals surface area (Å²) < 4.78 is 0.